The van der Waals surface area contributed by atoms with Gasteiger partial charge in [-0.3, -0.25) is 0 Å². The van der Waals surface area contributed by atoms with E-state index in [1.165, 1.54) is 43.0 Å². The summed E-state index contributed by atoms with van der Waals surface area (Å²) in [6.45, 7) is -0.895. The molecule has 0 aliphatic carbocycles. The Morgan fingerprint density at radius 1 is 1.04 bits per heavy atom. The molecular formula is C22H26ClFO3Si. The van der Waals surface area contributed by atoms with Gasteiger partial charge in [0.15, 0.2) is 0 Å². The highest BCUT2D eigenvalue weighted by Crippen LogP contribution is 2.35. The van der Waals surface area contributed by atoms with Crippen molar-refractivity contribution in [3.63, 3.8) is 0 Å². The fraction of sp³-hybridized carbons (Fsp3) is 0.409. The highest BCUT2D eigenvalue weighted by atomic mass is 35.5. The topological polar surface area (TPSA) is 35.5 Å². The number of hydrogen-bond acceptors (Lipinski definition) is 3. The van der Waals surface area contributed by atoms with Crippen LogP contribution in [0.15, 0.2) is 48.5 Å². The van der Waals surface area contributed by atoms with Crippen molar-refractivity contribution >= 4 is 26.4 Å². The normalized spacial score (nSPS) is 19.2. The van der Waals surface area contributed by atoms with E-state index in [9.17, 15) is 9.18 Å². The zero-order valence-corrected chi connectivity index (χ0v) is 17.8. The molecule has 2 aromatic rings. The van der Waals surface area contributed by atoms with E-state index in [0.29, 0.717) is 23.0 Å². The number of hydrogen-bond donors (Lipinski definition) is 0. The molecule has 2 aromatic carbocycles. The van der Waals surface area contributed by atoms with Crippen LogP contribution in [0.25, 0.3) is 0 Å². The third kappa shape index (κ3) is 5.82. The van der Waals surface area contributed by atoms with Gasteiger partial charge in [0, 0.05) is 14.7 Å². The summed E-state index contributed by atoms with van der Waals surface area (Å²) >= 11 is 5.82. The van der Waals surface area contributed by atoms with Crippen molar-refractivity contribution in [1.29, 1.82) is 0 Å². The maximum Gasteiger partial charge on any atom is 0.343 e. The molecule has 1 heterocycles. The quantitative estimate of drug-likeness (QED) is 0.229. The van der Waals surface area contributed by atoms with Crippen LogP contribution in [0.4, 0.5) is 4.39 Å². The van der Waals surface area contributed by atoms with Crippen LogP contribution in [-0.4, -0.2) is 27.5 Å². The number of alkyl halides is 2. The summed E-state index contributed by atoms with van der Waals surface area (Å²) in [7, 11) is -0.562. The van der Waals surface area contributed by atoms with Gasteiger partial charge < -0.3 is 9.47 Å². The number of rotatable bonds is 8. The largest absolute Gasteiger partial charge is 0.463 e. The second-order valence-electron chi connectivity index (χ2n) is 7.29. The van der Waals surface area contributed by atoms with E-state index in [0.717, 1.165) is 5.88 Å². The van der Waals surface area contributed by atoms with E-state index in [4.69, 9.17) is 21.1 Å². The highest BCUT2D eigenvalue weighted by molar-refractivity contribution is 6.59. The molecule has 1 fully saturated rings. The molecule has 0 N–H and O–H groups in total. The standard InChI is InChI=1S/C22H26ClFO3Si/c23-12-1-13-28-14-10-18(11-15-28)17-2-8-21(9-3-17)27-22(25)19-4-6-20(7-5-19)26-16-24/h2-9,18,28H,1,10-16H2. The minimum absolute atomic E-state index is 0.379. The molecule has 3 rings (SSSR count). The van der Waals surface area contributed by atoms with Gasteiger partial charge in [-0.15, -0.1) is 11.6 Å². The summed E-state index contributed by atoms with van der Waals surface area (Å²) in [5, 5.41) is 0. The van der Waals surface area contributed by atoms with Crippen LogP contribution in [0.2, 0.25) is 18.1 Å². The van der Waals surface area contributed by atoms with E-state index >= 15 is 0 Å². The zero-order chi connectivity index (χ0) is 19.8. The van der Waals surface area contributed by atoms with Crippen molar-refractivity contribution in [2.45, 2.75) is 43.3 Å². The fourth-order valence-corrected chi connectivity index (χ4v) is 7.68. The lowest BCUT2D eigenvalue weighted by molar-refractivity contribution is 0.0734. The van der Waals surface area contributed by atoms with Crippen LogP contribution < -0.4 is 9.47 Å². The summed E-state index contributed by atoms with van der Waals surface area (Å²) in [5.74, 6) is 1.88. The third-order valence-electron chi connectivity index (χ3n) is 5.47. The van der Waals surface area contributed by atoms with E-state index < -0.39 is 21.6 Å². The lowest BCUT2D eigenvalue weighted by Gasteiger charge is -2.28. The molecule has 1 aliphatic rings. The van der Waals surface area contributed by atoms with Crippen LogP contribution in [0.3, 0.4) is 0 Å². The highest BCUT2D eigenvalue weighted by Gasteiger charge is 2.23. The van der Waals surface area contributed by atoms with Crippen LogP contribution in [0.5, 0.6) is 11.5 Å². The average Bonchev–Trinajstić information content (AvgIpc) is 2.74. The van der Waals surface area contributed by atoms with Gasteiger partial charge in [0.1, 0.15) is 11.5 Å². The summed E-state index contributed by atoms with van der Waals surface area (Å²) in [6.07, 6.45) is 3.71. The van der Waals surface area contributed by atoms with E-state index in [1.54, 1.807) is 24.3 Å². The number of halogens is 2. The Morgan fingerprint density at radius 2 is 1.68 bits per heavy atom. The Hall–Kier alpha value is -1.85. The Morgan fingerprint density at radius 3 is 2.29 bits per heavy atom. The molecule has 0 aromatic heterocycles. The molecule has 3 nitrogen and oxygen atoms in total. The molecule has 28 heavy (non-hydrogen) atoms. The first kappa shape index (κ1) is 20.9. The Bertz CT molecular complexity index is 743. The number of ether oxygens (including phenoxy) is 2. The molecule has 1 aliphatic heterocycles. The molecule has 150 valence electrons. The van der Waals surface area contributed by atoms with Gasteiger partial charge in [-0.25, -0.2) is 9.18 Å². The van der Waals surface area contributed by atoms with E-state index in [2.05, 4.69) is 12.1 Å². The number of carbonyl (C=O) groups excluding carboxylic acids is 1. The molecule has 0 unspecified atom stereocenters. The van der Waals surface area contributed by atoms with Crippen LogP contribution in [-0.2, 0) is 0 Å². The SMILES string of the molecule is O=C(Oc1ccc(C2CC[SiH](CCCCl)CC2)cc1)c1ccc(OCF)cc1. The molecule has 0 atom stereocenters. The van der Waals surface area contributed by atoms with Crippen molar-refractivity contribution in [2.24, 2.45) is 0 Å². The molecule has 0 bridgehead atoms. The van der Waals surface area contributed by atoms with Gasteiger partial charge in [-0.1, -0.05) is 30.3 Å². The molecule has 6 heteroatoms. The van der Waals surface area contributed by atoms with Gasteiger partial charge >= 0.3 is 5.97 Å². The zero-order valence-electron chi connectivity index (χ0n) is 15.9. The Labute approximate surface area is 172 Å². The third-order valence-corrected chi connectivity index (χ3v) is 9.26. The maximum atomic E-state index is 12.3. The summed E-state index contributed by atoms with van der Waals surface area (Å²) in [4.78, 5) is 12.3. The number of benzene rings is 2. The molecular weight excluding hydrogens is 395 g/mol. The van der Waals surface area contributed by atoms with Gasteiger partial charge in [0.2, 0.25) is 6.86 Å². The van der Waals surface area contributed by atoms with Crippen molar-refractivity contribution in [3.8, 4) is 11.5 Å². The Kier molecular flexibility index (Phi) is 7.92. The lowest BCUT2D eigenvalue weighted by atomic mass is 9.93. The predicted octanol–water partition coefficient (Wildman–Crippen LogP) is 5.95. The number of esters is 1. The second kappa shape index (κ2) is 10.6. The van der Waals surface area contributed by atoms with Gasteiger partial charge in [-0.05, 0) is 67.1 Å². The summed E-state index contributed by atoms with van der Waals surface area (Å²) in [6, 6.07) is 18.3. The first-order chi connectivity index (χ1) is 13.7. The van der Waals surface area contributed by atoms with Crippen molar-refractivity contribution < 1.29 is 18.7 Å². The second-order valence-corrected chi connectivity index (χ2v) is 11.1. The molecule has 0 saturated carbocycles. The number of carbonyl (C=O) groups is 1. The first-order valence-electron chi connectivity index (χ1n) is 9.86. The summed E-state index contributed by atoms with van der Waals surface area (Å²) < 4.78 is 22.3. The predicted molar refractivity (Wildman–Crippen MR) is 113 cm³/mol. The van der Waals surface area contributed by atoms with Gasteiger partial charge in [0.25, 0.3) is 0 Å². The van der Waals surface area contributed by atoms with E-state index in [1.807, 2.05) is 12.1 Å². The van der Waals surface area contributed by atoms with Gasteiger partial charge in [0.05, 0.1) is 5.56 Å². The van der Waals surface area contributed by atoms with Crippen LogP contribution in [0.1, 0.15) is 41.1 Å². The monoisotopic (exact) mass is 420 g/mol. The lowest BCUT2D eigenvalue weighted by Crippen LogP contribution is -2.20. The van der Waals surface area contributed by atoms with E-state index in [-0.39, 0.29) is 0 Å². The van der Waals surface area contributed by atoms with Gasteiger partial charge in [-0.2, -0.15) is 0 Å². The van der Waals surface area contributed by atoms with Crippen molar-refractivity contribution in [3.05, 3.63) is 59.7 Å². The summed E-state index contributed by atoms with van der Waals surface area (Å²) in [5.41, 5.74) is 1.73. The Balaban J connectivity index is 1.52. The molecule has 0 amide bonds. The smallest absolute Gasteiger partial charge is 0.343 e. The van der Waals surface area contributed by atoms with Crippen LogP contribution >= 0.6 is 11.6 Å². The maximum absolute atomic E-state index is 12.3. The first-order valence-corrected chi connectivity index (χ1v) is 12.8. The van der Waals surface area contributed by atoms with Crippen molar-refractivity contribution in [2.75, 3.05) is 12.7 Å². The molecule has 1 saturated heterocycles. The fourth-order valence-electron chi connectivity index (χ4n) is 3.87. The van der Waals surface area contributed by atoms with Crippen molar-refractivity contribution in [1.82, 2.24) is 0 Å². The van der Waals surface area contributed by atoms with Crippen LogP contribution in [0, 0.1) is 0 Å². The molecule has 0 spiro atoms. The minimum Gasteiger partial charge on any atom is -0.463 e. The minimum atomic E-state index is -0.895. The molecule has 0 radical (unpaired) electrons. The average molecular weight is 421 g/mol.